The fourth-order valence-electron chi connectivity index (χ4n) is 0.842. The topological polar surface area (TPSA) is 21.3 Å². The van der Waals surface area contributed by atoms with E-state index >= 15 is 0 Å². The molecule has 1 atom stereocenters. The molecule has 1 aliphatic heterocycles. The Morgan fingerprint density at radius 2 is 2.38 bits per heavy atom. The zero-order valence-corrected chi connectivity index (χ0v) is 5.31. The van der Waals surface area contributed by atoms with E-state index in [-0.39, 0.29) is 0 Å². The lowest BCUT2D eigenvalue weighted by molar-refractivity contribution is 0.150. The van der Waals surface area contributed by atoms with Crippen LogP contribution in [0.25, 0.3) is 0 Å². The van der Waals surface area contributed by atoms with Crippen LogP contribution >= 0.6 is 0 Å². The highest BCUT2D eigenvalue weighted by Crippen LogP contribution is 1.94. The summed E-state index contributed by atoms with van der Waals surface area (Å²) in [5, 5.41) is 3.32. The van der Waals surface area contributed by atoms with Crippen LogP contribution in [0.4, 0.5) is 0 Å². The van der Waals surface area contributed by atoms with Gasteiger partial charge >= 0.3 is 0 Å². The van der Waals surface area contributed by atoms with Crippen LogP contribution in [0.5, 0.6) is 0 Å². The fraction of sp³-hybridized carbons (Fsp3) is 1.00. The van der Waals surface area contributed by atoms with Gasteiger partial charge in [-0.1, -0.05) is 0 Å². The minimum Gasteiger partial charge on any atom is -0.380 e. The first-order valence-electron chi connectivity index (χ1n) is 3.21. The Balaban J connectivity index is 2.17. The molecule has 0 spiro atoms. The first kappa shape index (κ1) is 6.05. The predicted molar refractivity (Wildman–Crippen MR) is 32.9 cm³/mol. The van der Waals surface area contributed by atoms with Gasteiger partial charge in [0.05, 0.1) is 6.61 Å². The third kappa shape index (κ3) is 1.80. The first-order chi connectivity index (χ1) is 3.89. The number of hydrogen-bond donors (Lipinski definition) is 1. The van der Waals surface area contributed by atoms with Crippen molar-refractivity contribution in [2.45, 2.75) is 19.4 Å². The minimum absolute atomic E-state index is 0.650. The molecule has 2 nitrogen and oxygen atoms in total. The van der Waals surface area contributed by atoms with Crippen LogP contribution in [-0.4, -0.2) is 25.8 Å². The monoisotopic (exact) mass is 115 g/mol. The summed E-state index contributed by atoms with van der Waals surface area (Å²) in [4.78, 5) is 0. The molecule has 1 rings (SSSR count). The van der Waals surface area contributed by atoms with Crippen LogP contribution in [0.15, 0.2) is 0 Å². The lowest BCUT2D eigenvalue weighted by Gasteiger charge is -2.05. The van der Waals surface area contributed by atoms with Gasteiger partial charge in [-0.25, -0.2) is 0 Å². The molecule has 1 aliphatic rings. The van der Waals surface area contributed by atoms with E-state index in [0.29, 0.717) is 6.04 Å². The van der Waals surface area contributed by atoms with Gasteiger partial charge in [0.15, 0.2) is 0 Å². The van der Waals surface area contributed by atoms with E-state index in [9.17, 15) is 0 Å². The second-order valence-electron chi connectivity index (χ2n) is 2.26. The third-order valence-electron chi connectivity index (χ3n) is 1.43. The molecule has 48 valence electrons. The van der Waals surface area contributed by atoms with Crippen molar-refractivity contribution in [1.82, 2.24) is 5.32 Å². The van der Waals surface area contributed by atoms with E-state index in [1.165, 1.54) is 0 Å². The SMILES string of the molecule is C[C@H]1CCOCCN1. The molecule has 0 amide bonds. The quantitative estimate of drug-likeness (QED) is 0.493. The summed E-state index contributed by atoms with van der Waals surface area (Å²) in [6.45, 7) is 5.01. The molecule has 1 heterocycles. The Kier molecular flexibility index (Phi) is 2.30. The molecular formula is C6H13NO. The summed E-state index contributed by atoms with van der Waals surface area (Å²) in [5.74, 6) is 0. The minimum atomic E-state index is 0.650. The van der Waals surface area contributed by atoms with Crippen molar-refractivity contribution in [2.75, 3.05) is 19.8 Å². The summed E-state index contributed by atoms with van der Waals surface area (Å²) in [7, 11) is 0. The van der Waals surface area contributed by atoms with Gasteiger partial charge in [-0.2, -0.15) is 0 Å². The van der Waals surface area contributed by atoms with Gasteiger partial charge < -0.3 is 10.1 Å². The van der Waals surface area contributed by atoms with Crippen molar-refractivity contribution in [3.05, 3.63) is 0 Å². The molecule has 0 aliphatic carbocycles. The maximum atomic E-state index is 5.20. The Bertz CT molecular complexity index is 57.5. The number of ether oxygens (including phenoxy) is 1. The van der Waals surface area contributed by atoms with Crippen molar-refractivity contribution in [3.63, 3.8) is 0 Å². The molecular weight excluding hydrogens is 102 g/mol. The molecule has 1 saturated heterocycles. The molecule has 0 radical (unpaired) electrons. The normalized spacial score (nSPS) is 31.9. The summed E-state index contributed by atoms with van der Waals surface area (Å²) in [6, 6.07) is 0.650. The summed E-state index contributed by atoms with van der Waals surface area (Å²) in [6.07, 6.45) is 1.15. The van der Waals surface area contributed by atoms with Gasteiger partial charge in [0, 0.05) is 19.2 Å². The van der Waals surface area contributed by atoms with Crippen molar-refractivity contribution >= 4 is 0 Å². The van der Waals surface area contributed by atoms with Crippen LogP contribution in [-0.2, 0) is 4.74 Å². The Morgan fingerprint density at radius 1 is 1.50 bits per heavy atom. The Labute approximate surface area is 50.2 Å². The lowest BCUT2D eigenvalue weighted by atomic mass is 10.2. The molecule has 0 aromatic heterocycles. The maximum absolute atomic E-state index is 5.20. The van der Waals surface area contributed by atoms with Gasteiger partial charge in [-0.15, -0.1) is 0 Å². The molecule has 1 fully saturated rings. The lowest BCUT2D eigenvalue weighted by Crippen LogP contribution is -2.25. The van der Waals surface area contributed by atoms with Crippen LogP contribution in [0, 0.1) is 0 Å². The molecule has 1 N–H and O–H groups in total. The van der Waals surface area contributed by atoms with Crippen molar-refractivity contribution in [2.24, 2.45) is 0 Å². The molecule has 0 bridgehead atoms. The Hall–Kier alpha value is -0.0800. The van der Waals surface area contributed by atoms with E-state index in [0.717, 1.165) is 26.2 Å². The van der Waals surface area contributed by atoms with Crippen molar-refractivity contribution in [3.8, 4) is 0 Å². The molecule has 0 aromatic rings. The summed E-state index contributed by atoms with van der Waals surface area (Å²) < 4.78 is 5.20. The highest BCUT2D eigenvalue weighted by atomic mass is 16.5. The van der Waals surface area contributed by atoms with E-state index in [1.807, 2.05) is 0 Å². The van der Waals surface area contributed by atoms with Crippen LogP contribution in [0.2, 0.25) is 0 Å². The van der Waals surface area contributed by atoms with Gasteiger partial charge in [0.1, 0.15) is 0 Å². The third-order valence-corrected chi connectivity index (χ3v) is 1.43. The van der Waals surface area contributed by atoms with Gasteiger partial charge in [-0.05, 0) is 13.3 Å². The van der Waals surface area contributed by atoms with Gasteiger partial charge in [0.25, 0.3) is 0 Å². The second kappa shape index (κ2) is 3.05. The van der Waals surface area contributed by atoms with Crippen molar-refractivity contribution < 1.29 is 4.74 Å². The maximum Gasteiger partial charge on any atom is 0.0591 e. The number of nitrogens with one attached hydrogen (secondary N) is 1. The largest absolute Gasteiger partial charge is 0.380 e. The molecule has 2 heteroatoms. The van der Waals surface area contributed by atoms with Gasteiger partial charge in [-0.3, -0.25) is 0 Å². The number of hydrogen-bond acceptors (Lipinski definition) is 2. The number of rotatable bonds is 0. The standard InChI is InChI=1S/C6H13NO/c1-6-2-4-8-5-3-7-6/h6-7H,2-5H2,1H3/t6-/m0/s1. The van der Waals surface area contributed by atoms with Crippen LogP contribution < -0.4 is 5.32 Å². The zero-order valence-electron chi connectivity index (χ0n) is 5.31. The zero-order chi connectivity index (χ0) is 5.82. The smallest absolute Gasteiger partial charge is 0.0591 e. The molecule has 8 heavy (non-hydrogen) atoms. The summed E-state index contributed by atoms with van der Waals surface area (Å²) >= 11 is 0. The van der Waals surface area contributed by atoms with Gasteiger partial charge in [0.2, 0.25) is 0 Å². The van der Waals surface area contributed by atoms with Crippen LogP contribution in [0.3, 0.4) is 0 Å². The van der Waals surface area contributed by atoms with E-state index in [2.05, 4.69) is 12.2 Å². The molecule has 0 unspecified atom stereocenters. The highest BCUT2D eigenvalue weighted by Gasteiger charge is 2.03. The van der Waals surface area contributed by atoms with E-state index < -0.39 is 0 Å². The molecule has 0 saturated carbocycles. The highest BCUT2D eigenvalue weighted by molar-refractivity contribution is 4.62. The van der Waals surface area contributed by atoms with Crippen molar-refractivity contribution in [1.29, 1.82) is 0 Å². The summed E-state index contributed by atoms with van der Waals surface area (Å²) in [5.41, 5.74) is 0. The van der Waals surface area contributed by atoms with Crippen LogP contribution in [0.1, 0.15) is 13.3 Å². The van der Waals surface area contributed by atoms with E-state index in [4.69, 9.17) is 4.74 Å². The average molecular weight is 115 g/mol. The first-order valence-corrected chi connectivity index (χ1v) is 3.21. The molecule has 0 aromatic carbocycles. The predicted octanol–water partition coefficient (Wildman–Crippen LogP) is 0.385. The average Bonchev–Trinajstić information content (AvgIpc) is 1.94. The Morgan fingerprint density at radius 3 is 3.25 bits per heavy atom. The van der Waals surface area contributed by atoms with E-state index in [1.54, 1.807) is 0 Å². The second-order valence-corrected chi connectivity index (χ2v) is 2.26. The fourth-order valence-corrected chi connectivity index (χ4v) is 0.842.